The highest BCUT2D eigenvalue weighted by Gasteiger charge is 2.24. The molecule has 0 unspecified atom stereocenters. The van der Waals surface area contributed by atoms with Crippen molar-refractivity contribution < 1.29 is 4.39 Å². The van der Waals surface area contributed by atoms with Gasteiger partial charge in [-0.05, 0) is 24.6 Å². The molecule has 1 aromatic carbocycles. The molecule has 4 nitrogen and oxygen atoms in total. The average molecular weight is 369 g/mol. The molecule has 0 fully saturated rings. The lowest BCUT2D eigenvalue weighted by atomic mass is 9.84. The minimum atomic E-state index is -0.329. The Labute approximate surface area is 151 Å². The van der Waals surface area contributed by atoms with E-state index in [1.807, 2.05) is 13.1 Å². The Balaban J connectivity index is 1.96. The first-order valence-corrected chi connectivity index (χ1v) is 8.82. The molecule has 0 aliphatic carbocycles. The second kappa shape index (κ2) is 7.94. The fourth-order valence-electron chi connectivity index (χ4n) is 2.32. The van der Waals surface area contributed by atoms with Gasteiger partial charge in [-0.2, -0.15) is 0 Å². The highest BCUT2D eigenvalue weighted by molar-refractivity contribution is 7.11. The van der Waals surface area contributed by atoms with E-state index in [0.29, 0.717) is 24.1 Å². The number of thiazole rings is 1. The van der Waals surface area contributed by atoms with Crippen molar-refractivity contribution in [2.75, 3.05) is 13.6 Å². The number of nitrogens with zero attached hydrogens (tertiary/aromatic N) is 2. The van der Waals surface area contributed by atoms with Crippen molar-refractivity contribution in [1.29, 1.82) is 0 Å². The van der Waals surface area contributed by atoms with Crippen LogP contribution in [-0.2, 0) is 12.0 Å². The van der Waals surface area contributed by atoms with E-state index in [0.717, 1.165) is 15.4 Å². The number of aryl methyl sites for hydroxylation is 1. The Morgan fingerprint density at radius 2 is 2.12 bits per heavy atom. The van der Waals surface area contributed by atoms with Crippen LogP contribution in [0.3, 0.4) is 0 Å². The molecule has 130 valence electrons. The number of aromatic nitrogens is 1. The molecule has 24 heavy (non-hydrogen) atoms. The number of halogens is 2. The molecule has 2 aromatic rings. The highest BCUT2D eigenvalue weighted by atomic mass is 35.5. The predicted molar refractivity (Wildman–Crippen MR) is 99.5 cm³/mol. The van der Waals surface area contributed by atoms with Gasteiger partial charge in [-0.1, -0.05) is 31.5 Å². The van der Waals surface area contributed by atoms with E-state index in [1.165, 1.54) is 12.1 Å². The van der Waals surface area contributed by atoms with Crippen LogP contribution in [-0.4, -0.2) is 24.5 Å². The van der Waals surface area contributed by atoms with E-state index in [2.05, 4.69) is 34.5 Å². The number of rotatable bonds is 5. The summed E-state index contributed by atoms with van der Waals surface area (Å²) < 4.78 is 13.2. The van der Waals surface area contributed by atoms with Gasteiger partial charge in [0.05, 0.1) is 11.6 Å². The fourth-order valence-corrected chi connectivity index (χ4v) is 3.47. The van der Waals surface area contributed by atoms with Crippen molar-refractivity contribution in [1.82, 2.24) is 15.6 Å². The first-order valence-electron chi connectivity index (χ1n) is 7.63. The maximum Gasteiger partial charge on any atom is 0.191 e. The van der Waals surface area contributed by atoms with Gasteiger partial charge in [-0.15, -0.1) is 11.3 Å². The molecule has 1 heterocycles. The molecule has 2 rings (SSSR count). The Morgan fingerprint density at radius 1 is 1.38 bits per heavy atom. The first kappa shape index (κ1) is 18.7. The van der Waals surface area contributed by atoms with Gasteiger partial charge in [-0.25, -0.2) is 9.37 Å². The molecule has 0 saturated carbocycles. The topological polar surface area (TPSA) is 49.3 Å². The molecule has 0 spiro atoms. The van der Waals surface area contributed by atoms with Gasteiger partial charge in [0.15, 0.2) is 5.96 Å². The van der Waals surface area contributed by atoms with E-state index >= 15 is 0 Å². The molecule has 0 bridgehead atoms. The Morgan fingerprint density at radius 3 is 2.71 bits per heavy atom. The minimum Gasteiger partial charge on any atom is -0.356 e. The van der Waals surface area contributed by atoms with E-state index in [1.54, 1.807) is 24.5 Å². The van der Waals surface area contributed by atoms with Crippen LogP contribution >= 0.6 is 22.9 Å². The molecule has 0 amide bonds. The van der Waals surface area contributed by atoms with E-state index < -0.39 is 0 Å². The molecule has 0 saturated heterocycles. The van der Waals surface area contributed by atoms with Gasteiger partial charge in [0, 0.05) is 35.1 Å². The molecule has 0 radical (unpaired) electrons. The van der Waals surface area contributed by atoms with Crippen molar-refractivity contribution in [2.24, 2.45) is 4.99 Å². The summed E-state index contributed by atoms with van der Waals surface area (Å²) in [6.45, 7) is 7.37. The largest absolute Gasteiger partial charge is 0.356 e. The third-order valence-electron chi connectivity index (χ3n) is 3.68. The standard InChI is InChI=1S/C17H22ClFN4S/c1-11-21-8-13(24-11)9-22-16(20-4)23-10-17(2,3)14-6-5-12(19)7-15(14)18/h5-8H,9-10H2,1-4H3,(H2,20,22,23). The number of hydrogen-bond donors (Lipinski definition) is 2. The summed E-state index contributed by atoms with van der Waals surface area (Å²) in [5.41, 5.74) is 0.621. The molecular formula is C17H22ClFN4S. The zero-order valence-electron chi connectivity index (χ0n) is 14.3. The van der Waals surface area contributed by atoms with Gasteiger partial charge >= 0.3 is 0 Å². The summed E-state index contributed by atoms with van der Waals surface area (Å²) in [5, 5.41) is 8.04. The molecule has 0 aliphatic rings. The van der Waals surface area contributed by atoms with Crippen LogP contribution in [0.1, 0.15) is 29.3 Å². The molecule has 0 aliphatic heterocycles. The van der Waals surface area contributed by atoms with Crippen molar-refractivity contribution >= 4 is 28.9 Å². The van der Waals surface area contributed by atoms with Gasteiger partial charge in [0.2, 0.25) is 0 Å². The molecule has 1 aromatic heterocycles. The molecule has 2 N–H and O–H groups in total. The van der Waals surface area contributed by atoms with E-state index in [9.17, 15) is 4.39 Å². The summed E-state index contributed by atoms with van der Waals surface area (Å²) >= 11 is 7.84. The Hall–Kier alpha value is -1.66. The van der Waals surface area contributed by atoms with Gasteiger partial charge in [0.1, 0.15) is 5.82 Å². The molecular weight excluding hydrogens is 347 g/mol. The van der Waals surface area contributed by atoms with Crippen LogP contribution in [0.15, 0.2) is 29.4 Å². The minimum absolute atomic E-state index is 0.274. The van der Waals surface area contributed by atoms with Crippen molar-refractivity contribution in [3.05, 3.63) is 50.7 Å². The number of nitrogens with one attached hydrogen (secondary N) is 2. The Bertz CT molecular complexity index is 727. The quantitative estimate of drug-likeness (QED) is 0.621. The van der Waals surface area contributed by atoms with Crippen LogP contribution in [0.25, 0.3) is 0 Å². The summed E-state index contributed by atoms with van der Waals surface area (Å²) in [6, 6.07) is 4.51. The van der Waals surface area contributed by atoms with Crippen molar-refractivity contribution in [3.8, 4) is 0 Å². The SMILES string of the molecule is CN=C(NCc1cnc(C)s1)NCC(C)(C)c1ccc(F)cc1Cl. The number of hydrogen-bond acceptors (Lipinski definition) is 3. The lowest BCUT2D eigenvalue weighted by Crippen LogP contribution is -2.43. The maximum absolute atomic E-state index is 13.2. The van der Waals surface area contributed by atoms with Gasteiger partial charge in [0.25, 0.3) is 0 Å². The van der Waals surface area contributed by atoms with Gasteiger partial charge in [-0.3, -0.25) is 4.99 Å². The summed E-state index contributed by atoms with van der Waals surface area (Å²) in [7, 11) is 1.73. The van der Waals surface area contributed by atoms with E-state index in [-0.39, 0.29) is 11.2 Å². The second-order valence-corrected chi connectivity index (χ2v) is 7.86. The summed E-state index contributed by atoms with van der Waals surface area (Å²) in [5.74, 6) is 0.372. The van der Waals surface area contributed by atoms with Crippen LogP contribution in [0.4, 0.5) is 4.39 Å². The summed E-state index contributed by atoms with van der Waals surface area (Å²) in [4.78, 5) is 9.61. The zero-order valence-corrected chi connectivity index (χ0v) is 15.9. The van der Waals surface area contributed by atoms with Crippen LogP contribution in [0, 0.1) is 12.7 Å². The normalized spacial score (nSPS) is 12.3. The molecule has 0 atom stereocenters. The third-order valence-corrected chi connectivity index (χ3v) is 4.91. The van der Waals surface area contributed by atoms with Crippen molar-refractivity contribution in [2.45, 2.75) is 32.7 Å². The lowest BCUT2D eigenvalue weighted by molar-refractivity contribution is 0.507. The monoisotopic (exact) mass is 368 g/mol. The van der Waals surface area contributed by atoms with Crippen LogP contribution < -0.4 is 10.6 Å². The maximum atomic E-state index is 13.2. The van der Waals surface area contributed by atoms with Crippen LogP contribution in [0.2, 0.25) is 5.02 Å². The predicted octanol–water partition coefficient (Wildman–Crippen LogP) is 3.89. The fraction of sp³-hybridized carbons (Fsp3) is 0.412. The highest BCUT2D eigenvalue weighted by Crippen LogP contribution is 2.29. The smallest absolute Gasteiger partial charge is 0.191 e. The second-order valence-electron chi connectivity index (χ2n) is 6.13. The average Bonchev–Trinajstić information content (AvgIpc) is 2.92. The van der Waals surface area contributed by atoms with Crippen molar-refractivity contribution in [3.63, 3.8) is 0 Å². The summed E-state index contributed by atoms with van der Waals surface area (Å²) in [6.07, 6.45) is 1.86. The third kappa shape index (κ3) is 4.92. The first-order chi connectivity index (χ1) is 11.3. The lowest BCUT2D eigenvalue weighted by Gasteiger charge is -2.27. The zero-order chi connectivity index (χ0) is 17.7. The van der Waals surface area contributed by atoms with Crippen LogP contribution in [0.5, 0.6) is 0 Å². The van der Waals surface area contributed by atoms with E-state index in [4.69, 9.17) is 11.6 Å². The Kier molecular flexibility index (Phi) is 6.18. The number of benzene rings is 1. The molecule has 7 heteroatoms. The number of aliphatic imine (C=N–C) groups is 1. The number of guanidine groups is 1. The van der Waals surface area contributed by atoms with Gasteiger partial charge < -0.3 is 10.6 Å².